The molecule has 2 heterocycles. The van der Waals surface area contributed by atoms with Crippen molar-refractivity contribution in [2.75, 3.05) is 13.1 Å². The highest BCUT2D eigenvalue weighted by Gasteiger charge is 2.27. The number of amides is 1. The summed E-state index contributed by atoms with van der Waals surface area (Å²) >= 11 is 0. The van der Waals surface area contributed by atoms with Crippen LogP contribution in [0.15, 0.2) is 48.8 Å². The van der Waals surface area contributed by atoms with Crippen molar-refractivity contribution in [3.63, 3.8) is 0 Å². The van der Waals surface area contributed by atoms with Gasteiger partial charge in [-0.3, -0.25) is 9.78 Å². The summed E-state index contributed by atoms with van der Waals surface area (Å²) in [6.07, 6.45) is 5.80. The van der Waals surface area contributed by atoms with Crippen molar-refractivity contribution < 1.29 is 4.79 Å². The van der Waals surface area contributed by atoms with Crippen LogP contribution in [0.1, 0.15) is 48.7 Å². The van der Waals surface area contributed by atoms with Gasteiger partial charge in [0.05, 0.1) is 0 Å². The highest BCUT2D eigenvalue weighted by Crippen LogP contribution is 2.25. The first kappa shape index (κ1) is 16.7. The second-order valence-electron chi connectivity index (χ2n) is 7.80. The van der Waals surface area contributed by atoms with E-state index in [2.05, 4.69) is 44.0 Å². The molecule has 0 radical (unpaired) electrons. The Labute approximate surface area is 144 Å². The molecule has 24 heavy (non-hydrogen) atoms. The van der Waals surface area contributed by atoms with Crippen molar-refractivity contribution in [3.05, 3.63) is 65.5 Å². The molecule has 1 aromatic carbocycles. The number of hydrogen-bond acceptors (Lipinski definition) is 2. The predicted molar refractivity (Wildman–Crippen MR) is 97.1 cm³/mol. The standard InChI is InChI=1S/C21H26N2O/c1-21(2,3)19-8-6-18(7-9-19)20(24)23-12-10-17(15-23)13-16-5-4-11-22-14-16/h4-9,11,14,17H,10,12-13,15H2,1-3H3. The molecule has 3 nitrogen and oxygen atoms in total. The number of carbonyl (C=O) groups is 1. The molecule has 0 bridgehead atoms. The molecule has 0 spiro atoms. The predicted octanol–water partition coefficient (Wildman–Crippen LogP) is 4.08. The van der Waals surface area contributed by atoms with Crippen molar-refractivity contribution in [2.45, 2.75) is 39.0 Å². The monoisotopic (exact) mass is 322 g/mol. The third-order valence-corrected chi connectivity index (χ3v) is 4.82. The zero-order valence-electron chi connectivity index (χ0n) is 14.8. The molecule has 1 saturated heterocycles. The molecule has 126 valence electrons. The van der Waals surface area contributed by atoms with Crippen LogP contribution >= 0.6 is 0 Å². The van der Waals surface area contributed by atoms with Gasteiger partial charge in [0, 0.05) is 31.0 Å². The summed E-state index contributed by atoms with van der Waals surface area (Å²) in [5, 5.41) is 0. The van der Waals surface area contributed by atoms with Crippen LogP contribution in [0, 0.1) is 5.92 Å². The summed E-state index contributed by atoms with van der Waals surface area (Å²) in [6, 6.07) is 12.2. The van der Waals surface area contributed by atoms with E-state index in [4.69, 9.17) is 0 Å². The molecule has 1 aliphatic rings. The lowest BCUT2D eigenvalue weighted by atomic mass is 9.86. The van der Waals surface area contributed by atoms with Gasteiger partial charge in [0.15, 0.2) is 0 Å². The Kier molecular flexibility index (Phi) is 4.70. The topological polar surface area (TPSA) is 33.2 Å². The molecular formula is C21H26N2O. The van der Waals surface area contributed by atoms with Gasteiger partial charge < -0.3 is 4.90 Å². The Morgan fingerprint density at radius 3 is 2.58 bits per heavy atom. The second-order valence-corrected chi connectivity index (χ2v) is 7.80. The lowest BCUT2D eigenvalue weighted by molar-refractivity contribution is 0.0787. The maximum absolute atomic E-state index is 12.7. The quantitative estimate of drug-likeness (QED) is 0.853. The van der Waals surface area contributed by atoms with Crippen LogP contribution in [-0.4, -0.2) is 28.9 Å². The van der Waals surface area contributed by atoms with Gasteiger partial charge >= 0.3 is 0 Å². The lowest BCUT2D eigenvalue weighted by Crippen LogP contribution is -2.29. The summed E-state index contributed by atoms with van der Waals surface area (Å²) in [5.41, 5.74) is 3.43. The van der Waals surface area contributed by atoms with Gasteiger partial charge in [-0.2, -0.15) is 0 Å². The average molecular weight is 322 g/mol. The normalized spacial score (nSPS) is 18.0. The Morgan fingerprint density at radius 1 is 1.21 bits per heavy atom. The fraction of sp³-hybridized carbons (Fsp3) is 0.429. The zero-order valence-corrected chi connectivity index (χ0v) is 14.8. The van der Waals surface area contributed by atoms with Crippen LogP contribution in [0.3, 0.4) is 0 Å². The summed E-state index contributed by atoms with van der Waals surface area (Å²) in [6.45, 7) is 8.26. The maximum Gasteiger partial charge on any atom is 0.253 e. The van der Waals surface area contributed by atoms with Crippen molar-refractivity contribution in [3.8, 4) is 0 Å². The Balaban J connectivity index is 1.62. The minimum atomic E-state index is 0.115. The SMILES string of the molecule is CC(C)(C)c1ccc(C(=O)N2CCC(Cc3cccnc3)C2)cc1. The molecule has 2 aromatic rings. The lowest BCUT2D eigenvalue weighted by Gasteiger charge is -2.20. The van der Waals surface area contributed by atoms with Crippen LogP contribution in [0.4, 0.5) is 0 Å². The van der Waals surface area contributed by atoms with E-state index in [-0.39, 0.29) is 11.3 Å². The molecule has 3 heteroatoms. The van der Waals surface area contributed by atoms with E-state index in [9.17, 15) is 4.79 Å². The number of hydrogen-bond donors (Lipinski definition) is 0. The number of aromatic nitrogens is 1. The summed E-state index contributed by atoms with van der Waals surface area (Å²) < 4.78 is 0. The molecule has 0 aliphatic carbocycles. The molecular weight excluding hydrogens is 296 g/mol. The molecule has 1 fully saturated rings. The average Bonchev–Trinajstić information content (AvgIpc) is 3.03. The van der Waals surface area contributed by atoms with E-state index in [1.165, 1.54) is 11.1 Å². The van der Waals surface area contributed by atoms with Gasteiger partial charge in [-0.25, -0.2) is 0 Å². The summed E-state index contributed by atoms with van der Waals surface area (Å²) in [4.78, 5) is 18.9. The zero-order chi connectivity index (χ0) is 17.2. The molecule has 3 rings (SSSR count). The molecule has 1 amide bonds. The minimum Gasteiger partial charge on any atom is -0.338 e. The van der Waals surface area contributed by atoms with Crippen LogP contribution in [0.2, 0.25) is 0 Å². The first-order valence-corrected chi connectivity index (χ1v) is 8.72. The number of pyridine rings is 1. The van der Waals surface area contributed by atoms with Crippen LogP contribution in [-0.2, 0) is 11.8 Å². The third-order valence-electron chi connectivity index (χ3n) is 4.82. The molecule has 1 aromatic heterocycles. The van der Waals surface area contributed by atoms with E-state index in [1.54, 1.807) is 6.20 Å². The van der Waals surface area contributed by atoms with E-state index in [1.807, 2.05) is 29.3 Å². The highest BCUT2D eigenvalue weighted by molar-refractivity contribution is 5.94. The van der Waals surface area contributed by atoms with Gasteiger partial charge in [-0.05, 0) is 53.5 Å². The molecule has 1 aliphatic heterocycles. The van der Waals surface area contributed by atoms with Crippen molar-refractivity contribution in [1.82, 2.24) is 9.88 Å². The fourth-order valence-electron chi connectivity index (χ4n) is 3.33. The van der Waals surface area contributed by atoms with E-state index < -0.39 is 0 Å². The third kappa shape index (κ3) is 3.84. The molecule has 0 N–H and O–H groups in total. The van der Waals surface area contributed by atoms with Crippen molar-refractivity contribution in [2.24, 2.45) is 5.92 Å². The number of likely N-dealkylation sites (tertiary alicyclic amines) is 1. The molecule has 0 saturated carbocycles. The van der Waals surface area contributed by atoms with Crippen LogP contribution in [0.5, 0.6) is 0 Å². The maximum atomic E-state index is 12.7. The van der Waals surface area contributed by atoms with Gasteiger partial charge in [-0.1, -0.05) is 39.0 Å². The fourth-order valence-corrected chi connectivity index (χ4v) is 3.33. The molecule has 1 atom stereocenters. The number of rotatable bonds is 3. The number of nitrogens with zero attached hydrogens (tertiary/aromatic N) is 2. The highest BCUT2D eigenvalue weighted by atomic mass is 16.2. The van der Waals surface area contributed by atoms with Gasteiger partial charge in [0.25, 0.3) is 5.91 Å². The first-order valence-electron chi connectivity index (χ1n) is 8.72. The van der Waals surface area contributed by atoms with Crippen molar-refractivity contribution >= 4 is 5.91 Å². The van der Waals surface area contributed by atoms with Gasteiger partial charge in [-0.15, -0.1) is 0 Å². The first-order chi connectivity index (χ1) is 11.4. The minimum absolute atomic E-state index is 0.115. The van der Waals surface area contributed by atoms with Gasteiger partial charge in [0.1, 0.15) is 0 Å². The smallest absolute Gasteiger partial charge is 0.253 e. The Bertz CT molecular complexity index is 686. The van der Waals surface area contributed by atoms with E-state index in [0.717, 1.165) is 31.5 Å². The van der Waals surface area contributed by atoms with E-state index in [0.29, 0.717) is 5.92 Å². The molecule has 1 unspecified atom stereocenters. The Morgan fingerprint density at radius 2 is 1.96 bits per heavy atom. The van der Waals surface area contributed by atoms with Gasteiger partial charge in [0.2, 0.25) is 0 Å². The van der Waals surface area contributed by atoms with Crippen molar-refractivity contribution in [1.29, 1.82) is 0 Å². The summed E-state index contributed by atoms with van der Waals surface area (Å²) in [5.74, 6) is 0.691. The largest absolute Gasteiger partial charge is 0.338 e. The van der Waals surface area contributed by atoms with Crippen LogP contribution in [0.25, 0.3) is 0 Å². The summed E-state index contributed by atoms with van der Waals surface area (Å²) in [7, 11) is 0. The number of carbonyl (C=O) groups excluding carboxylic acids is 1. The van der Waals surface area contributed by atoms with E-state index >= 15 is 0 Å². The Hall–Kier alpha value is -2.16. The second kappa shape index (κ2) is 6.76. The number of benzene rings is 1. The van der Waals surface area contributed by atoms with Crippen LogP contribution < -0.4 is 0 Å².